The minimum absolute atomic E-state index is 0.142. The van der Waals surface area contributed by atoms with Crippen molar-refractivity contribution in [3.8, 4) is 11.1 Å². The van der Waals surface area contributed by atoms with Crippen LogP contribution in [0.25, 0.3) is 21.9 Å². The minimum Gasteiger partial charge on any atom is -0.289 e. The number of rotatable bonds is 1. The lowest BCUT2D eigenvalue weighted by Crippen LogP contribution is -2.10. The van der Waals surface area contributed by atoms with E-state index >= 15 is 0 Å². The van der Waals surface area contributed by atoms with Crippen LogP contribution in [-0.2, 0) is 6.42 Å². The zero-order valence-electron chi connectivity index (χ0n) is 11.3. The summed E-state index contributed by atoms with van der Waals surface area (Å²) in [4.78, 5) is 12.6. The predicted molar refractivity (Wildman–Crippen MR) is 82.2 cm³/mol. The molecule has 0 heterocycles. The number of carbonyl (C=O) groups is 1. The standard InChI is InChI=1S/C19H14O/c1-2-12-10-13-6-5-9-16-18(13)17(11-12)14-7-3-4-8-15(14)19(16)20/h3-11H,2H2,1H3. The predicted octanol–water partition coefficient (Wildman–Crippen LogP) is 4.61. The summed E-state index contributed by atoms with van der Waals surface area (Å²) < 4.78 is 0. The van der Waals surface area contributed by atoms with Crippen LogP contribution in [0.1, 0.15) is 28.4 Å². The fraction of sp³-hybridized carbons (Fsp3) is 0.105. The first-order chi connectivity index (χ1) is 9.79. The van der Waals surface area contributed by atoms with Gasteiger partial charge in [0.1, 0.15) is 0 Å². The van der Waals surface area contributed by atoms with Crippen molar-refractivity contribution in [1.29, 1.82) is 0 Å². The molecule has 0 fully saturated rings. The monoisotopic (exact) mass is 258 g/mol. The SMILES string of the molecule is CCc1cc2c3c(cccc3c1)C(=O)c1ccccc1-2. The highest BCUT2D eigenvalue weighted by Crippen LogP contribution is 2.39. The van der Waals surface area contributed by atoms with E-state index in [1.54, 1.807) is 0 Å². The normalized spacial score (nSPS) is 12.6. The summed E-state index contributed by atoms with van der Waals surface area (Å²) in [7, 11) is 0. The van der Waals surface area contributed by atoms with Gasteiger partial charge in [0.25, 0.3) is 0 Å². The van der Waals surface area contributed by atoms with E-state index < -0.39 is 0 Å². The van der Waals surface area contributed by atoms with E-state index in [2.05, 4.69) is 31.2 Å². The van der Waals surface area contributed by atoms with Gasteiger partial charge in [-0.3, -0.25) is 4.79 Å². The molecule has 1 heteroatoms. The third-order valence-corrected chi connectivity index (χ3v) is 4.15. The Morgan fingerprint density at radius 2 is 1.55 bits per heavy atom. The quantitative estimate of drug-likeness (QED) is 0.487. The van der Waals surface area contributed by atoms with E-state index in [-0.39, 0.29) is 5.78 Å². The van der Waals surface area contributed by atoms with Crippen molar-refractivity contribution in [3.63, 3.8) is 0 Å². The molecule has 96 valence electrons. The maximum absolute atomic E-state index is 12.6. The maximum atomic E-state index is 12.6. The Bertz CT molecular complexity index is 859. The summed E-state index contributed by atoms with van der Waals surface area (Å²) in [6, 6.07) is 18.4. The van der Waals surface area contributed by atoms with E-state index in [1.165, 1.54) is 16.5 Å². The van der Waals surface area contributed by atoms with Gasteiger partial charge < -0.3 is 0 Å². The van der Waals surface area contributed by atoms with Crippen molar-refractivity contribution in [2.75, 3.05) is 0 Å². The van der Waals surface area contributed by atoms with Gasteiger partial charge in [-0.25, -0.2) is 0 Å². The Morgan fingerprint density at radius 3 is 2.35 bits per heavy atom. The van der Waals surface area contributed by atoms with Crippen LogP contribution >= 0.6 is 0 Å². The van der Waals surface area contributed by atoms with Gasteiger partial charge in [-0.15, -0.1) is 0 Å². The van der Waals surface area contributed by atoms with Crippen molar-refractivity contribution < 1.29 is 4.79 Å². The average Bonchev–Trinajstić information content (AvgIpc) is 2.51. The van der Waals surface area contributed by atoms with Crippen molar-refractivity contribution in [1.82, 2.24) is 0 Å². The second-order valence-corrected chi connectivity index (χ2v) is 5.28. The molecule has 1 nitrogen and oxygen atoms in total. The van der Waals surface area contributed by atoms with Gasteiger partial charge >= 0.3 is 0 Å². The van der Waals surface area contributed by atoms with Crippen LogP contribution in [-0.4, -0.2) is 5.78 Å². The van der Waals surface area contributed by atoms with Gasteiger partial charge in [-0.05, 0) is 28.5 Å². The molecule has 20 heavy (non-hydrogen) atoms. The fourth-order valence-corrected chi connectivity index (χ4v) is 3.16. The molecule has 0 bridgehead atoms. The smallest absolute Gasteiger partial charge is 0.194 e. The highest BCUT2D eigenvalue weighted by molar-refractivity contribution is 6.25. The van der Waals surface area contributed by atoms with Gasteiger partial charge in [-0.1, -0.05) is 61.5 Å². The molecular weight excluding hydrogens is 244 g/mol. The molecule has 0 saturated carbocycles. The molecule has 0 N–H and O–H groups in total. The first-order valence-corrected chi connectivity index (χ1v) is 6.99. The van der Waals surface area contributed by atoms with Crippen LogP contribution in [0.15, 0.2) is 54.6 Å². The summed E-state index contributed by atoms with van der Waals surface area (Å²) in [5.74, 6) is 0.142. The highest BCUT2D eigenvalue weighted by Gasteiger charge is 2.24. The third-order valence-electron chi connectivity index (χ3n) is 4.15. The van der Waals surface area contributed by atoms with E-state index in [4.69, 9.17) is 0 Å². The summed E-state index contributed by atoms with van der Waals surface area (Å²) in [5.41, 5.74) is 5.23. The Balaban J connectivity index is 2.23. The van der Waals surface area contributed by atoms with Gasteiger partial charge in [0.15, 0.2) is 5.78 Å². The lowest BCUT2D eigenvalue weighted by molar-refractivity contribution is 0.104. The van der Waals surface area contributed by atoms with Crippen LogP contribution in [0.2, 0.25) is 0 Å². The van der Waals surface area contributed by atoms with Crippen LogP contribution < -0.4 is 0 Å². The number of ketones is 1. The highest BCUT2D eigenvalue weighted by atomic mass is 16.1. The first-order valence-electron chi connectivity index (χ1n) is 6.99. The second-order valence-electron chi connectivity index (χ2n) is 5.28. The molecule has 0 amide bonds. The Hall–Kier alpha value is -2.41. The number of benzene rings is 3. The van der Waals surface area contributed by atoms with E-state index in [0.717, 1.165) is 28.5 Å². The van der Waals surface area contributed by atoms with Crippen LogP contribution in [0.4, 0.5) is 0 Å². The largest absolute Gasteiger partial charge is 0.289 e. The molecule has 3 aromatic rings. The molecule has 0 aliphatic heterocycles. The molecule has 0 atom stereocenters. The number of carbonyl (C=O) groups excluding carboxylic acids is 1. The van der Waals surface area contributed by atoms with E-state index in [1.807, 2.05) is 30.3 Å². The van der Waals surface area contributed by atoms with E-state index in [0.29, 0.717) is 0 Å². The van der Waals surface area contributed by atoms with Gasteiger partial charge in [0.05, 0.1) is 0 Å². The number of hydrogen-bond acceptors (Lipinski definition) is 1. The Labute approximate surface area is 117 Å². The lowest BCUT2D eigenvalue weighted by atomic mass is 9.82. The van der Waals surface area contributed by atoms with Crippen molar-refractivity contribution in [2.24, 2.45) is 0 Å². The topological polar surface area (TPSA) is 17.1 Å². The molecule has 0 aromatic heterocycles. The molecule has 1 aliphatic rings. The Kier molecular flexibility index (Phi) is 2.31. The zero-order valence-corrected chi connectivity index (χ0v) is 11.3. The number of fused-ring (bicyclic) bond motifs is 2. The van der Waals surface area contributed by atoms with Gasteiger partial charge in [0.2, 0.25) is 0 Å². The molecule has 1 aliphatic carbocycles. The summed E-state index contributed by atoms with van der Waals surface area (Å²) in [5, 5.41) is 2.27. The van der Waals surface area contributed by atoms with Crippen molar-refractivity contribution >= 4 is 16.6 Å². The van der Waals surface area contributed by atoms with Crippen LogP contribution in [0, 0.1) is 0 Å². The van der Waals surface area contributed by atoms with Crippen molar-refractivity contribution in [2.45, 2.75) is 13.3 Å². The molecule has 0 radical (unpaired) electrons. The zero-order chi connectivity index (χ0) is 13.7. The van der Waals surface area contributed by atoms with Crippen LogP contribution in [0.3, 0.4) is 0 Å². The Morgan fingerprint density at radius 1 is 0.800 bits per heavy atom. The average molecular weight is 258 g/mol. The third kappa shape index (κ3) is 1.41. The van der Waals surface area contributed by atoms with E-state index in [9.17, 15) is 4.79 Å². The summed E-state index contributed by atoms with van der Waals surface area (Å²) in [6.45, 7) is 2.16. The fourth-order valence-electron chi connectivity index (χ4n) is 3.16. The minimum atomic E-state index is 0.142. The number of hydrogen-bond donors (Lipinski definition) is 0. The lowest BCUT2D eigenvalue weighted by Gasteiger charge is -2.20. The summed E-state index contributed by atoms with van der Waals surface area (Å²) >= 11 is 0. The van der Waals surface area contributed by atoms with Gasteiger partial charge in [-0.2, -0.15) is 0 Å². The van der Waals surface area contributed by atoms with Gasteiger partial charge in [0, 0.05) is 16.5 Å². The molecule has 4 rings (SSSR count). The molecule has 0 saturated heterocycles. The molecule has 0 unspecified atom stereocenters. The summed E-state index contributed by atoms with van der Waals surface area (Å²) in [6.07, 6.45) is 1.00. The van der Waals surface area contributed by atoms with Crippen LogP contribution in [0.5, 0.6) is 0 Å². The maximum Gasteiger partial charge on any atom is 0.194 e. The second kappa shape index (κ2) is 4.04. The van der Waals surface area contributed by atoms with Crippen molar-refractivity contribution in [3.05, 3.63) is 71.3 Å². The first kappa shape index (κ1) is 11.4. The molecular formula is C19H14O. The molecule has 3 aromatic carbocycles. The molecule has 0 spiro atoms. The number of aryl methyl sites for hydroxylation is 1.